The van der Waals surface area contributed by atoms with Crippen LogP contribution in [0.4, 0.5) is 0 Å². The van der Waals surface area contributed by atoms with Crippen molar-refractivity contribution >= 4 is 23.9 Å². The lowest BCUT2D eigenvalue weighted by molar-refractivity contribution is 0.400. The molecular weight excluding hydrogens is 523 g/mol. The van der Waals surface area contributed by atoms with E-state index in [1.807, 2.05) is 29.5 Å². The van der Waals surface area contributed by atoms with Crippen LogP contribution in [0, 0.1) is 0 Å². The molecule has 2 N–H and O–H groups in total. The molecule has 1 heterocycles. The van der Waals surface area contributed by atoms with Gasteiger partial charge in [-0.25, -0.2) is 0 Å². The van der Waals surface area contributed by atoms with Crippen LogP contribution in [0.5, 0.6) is 5.75 Å². The highest BCUT2D eigenvalue weighted by Crippen LogP contribution is 2.55. The number of benzene rings is 3. The van der Waals surface area contributed by atoms with Gasteiger partial charge in [-0.2, -0.15) is 0 Å². The minimum atomic E-state index is -1.46. The number of unbranched alkanes of at least 4 members (excludes halogenated alkanes) is 6. The van der Waals surface area contributed by atoms with Crippen molar-refractivity contribution in [2.24, 2.45) is 0 Å². The molecule has 3 nitrogen and oxygen atoms in total. The third kappa shape index (κ3) is 6.18. The lowest BCUT2D eigenvalue weighted by Crippen LogP contribution is -2.32. The second-order valence-corrected chi connectivity index (χ2v) is 12.6. The monoisotopic (exact) mass is 566 g/mol. The Bertz CT molecular complexity index is 1430. The largest absolute Gasteiger partial charge is 0.497 e. The molecule has 0 radical (unpaired) electrons. The maximum atomic E-state index is 10.1. The van der Waals surface area contributed by atoms with E-state index in [1.165, 1.54) is 94.5 Å². The maximum Gasteiger partial charge on any atom is 0.488 e. The molecule has 0 fully saturated rings. The van der Waals surface area contributed by atoms with Crippen LogP contribution in [0.15, 0.2) is 72.8 Å². The Balaban J connectivity index is 1.57. The summed E-state index contributed by atoms with van der Waals surface area (Å²) in [4.78, 5) is 2.52. The van der Waals surface area contributed by atoms with Crippen LogP contribution in [0.1, 0.15) is 89.2 Å². The molecule has 5 heteroatoms. The number of rotatable bonds is 14. The number of ether oxygens (including phenoxy) is 1. The summed E-state index contributed by atoms with van der Waals surface area (Å²) in [7, 11) is 0.241. The first-order valence-corrected chi connectivity index (χ1v) is 16.2. The first-order chi connectivity index (χ1) is 20.0. The van der Waals surface area contributed by atoms with Gasteiger partial charge in [0, 0.05) is 15.2 Å². The summed E-state index contributed by atoms with van der Waals surface area (Å²) in [5.74, 6) is 0.870. The van der Waals surface area contributed by atoms with Gasteiger partial charge in [0.05, 0.1) is 7.11 Å². The predicted octanol–water partition coefficient (Wildman–Crippen LogP) is 8.98. The topological polar surface area (TPSA) is 49.7 Å². The molecule has 0 bridgehead atoms. The third-order valence-electron chi connectivity index (χ3n) is 8.86. The lowest BCUT2D eigenvalue weighted by Gasteiger charge is -2.33. The summed E-state index contributed by atoms with van der Waals surface area (Å²) in [5, 5.41) is 20.2. The first kappa shape index (κ1) is 29.6. The summed E-state index contributed by atoms with van der Waals surface area (Å²) in [5.41, 5.74) is 8.21. The molecule has 5 rings (SSSR count). The van der Waals surface area contributed by atoms with Crippen molar-refractivity contribution in [3.05, 3.63) is 83.9 Å². The van der Waals surface area contributed by atoms with E-state index in [4.69, 9.17) is 4.74 Å². The molecule has 1 aliphatic carbocycles. The van der Waals surface area contributed by atoms with E-state index >= 15 is 0 Å². The van der Waals surface area contributed by atoms with Crippen molar-refractivity contribution < 1.29 is 14.8 Å². The van der Waals surface area contributed by atoms with Crippen LogP contribution in [-0.4, -0.2) is 24.3 Å². The molecule has 1 aliphatic rings. The van der Waals surface area contributed by atoms with Crippen molar-refractivity contribution in [1.29, 1.82) is 0 Å². The van der Waals surface area contributed by atoms with Gasteiger partial charge in [0.1, 0.15) is 5.75 Å². The van der Waals surface area contributed by atoms with Crippen LogP contribution >= 0.6 is 11.3 Å². The predicted molar refractivity (Wildman–Crippen MR) is 175 cm³/mol. The molecule has 41 heavy (non-hydrogen) atoms. The van der Waals surface area contributed by atoms with Gasteiger partial charge in [0.25, 0.3) is 0 Å². The second kappa shape index (κ2) is 13.4. The van der Waals surface area contributed by atoms with Crippen molar-refractivity contribution in [1.82, 2.24) is 0 Å². The van der Waals surface area contributed by atoms with Gasteiger partial charge in [0.2, 0.25) is 0 Å². The third-order valence-corrected chi connectivity index (χ3v) is 10.0. The van der Waals surface area contributed by atoms with Gasteiger partial charge in [-0.15, -0.1) is 11.3 Å². The minimum absolute atomic E-state index is 0.108. The van der Waals surface area contributed by atoms with Crippen LogP contribution in [0.25, 0.3) is 32.0 Å². The van der Waals surface area contributed by atoms with Crippen molar-refractivity contribution in [3.63, 3.8) is 0 Å². The number of hydrogen-bond donors (Lipinski definition) is 2. The minimum Gasteiger partial charge on any atom is -0.497 e. The molecule has 0 aliphatic heterocycles. The molecule has 3 aromatic carbocycles. The van der Waals surface area contributed by atoms with E-state index < -0.39 is 7.12 Å². The van der Waals surface area contributed by atoms with E-state index in [-0.39, 0.29) is 5.41 Å². The first-order valence-electron chi connectivity index (χ1n) is 15.4. The summed E-state index contributed by atoms with van der Waals surface area (Å²) < 4.78 is 5.35. The zero-order valence-electron chi connectivity index (χ0n) is 24.8. The van der Waals surface area contributed by atoms with Gasteiger partial charge in [-0.1, -0.05) is 95.5 Å². The molecule has 0 atom stereocenters. The Morgan fingerprint density at radius 1 is 0.659 bits per heavy atom. The van der Waals surface area contributed by atoms with E-state index in [0.717, 1.165) is 18.6 Å². The van der Waals surface area contributed by atoms with Gasteiger partial charge in [-0.3, -0.25) is 0 Å². The second-order valence-electron chi connectivity index (χ2n) is 11.5. The lowest BCUT2D eigenvalue weighted by atomic mass is 9.68. The summed E-state index contributed by atoms with van der Waals surface area (Å²) >= 11 is 1.83. The normalized spacial score (nSPS) is 13.2. The average molecular weight is 567 g/mol. The number of hydrogen-bond acceptors (Lipinski definition) is 4. The Hall–Kier alpha value is -2.86. The molecule has 4 aromatic rings. The molecule has 0 spiro atoms. The molecule has 1 aromatic heterocycles. The van der Waals surface area contributed by atoms with Crippen LogP contribution in [0.3, 0.4) is 0 Å². The summed E-state index contributed by atoms with van der Waals surface area (Å²) in [6.45, 7) is 4.53. The number of thiophene rings is 1. The summed E-state index contributed by atoms with van der Waals surface area (Å²) in [6.07, 6.45) is 12.0. The average Bonchev–Trinajstić information content (AvgIpc) is 3.59. The Morgan fingerprint density at radius 3 is 1.80 bits per heavy atom. The smallest absolute Gasteiger partial charge is 0.488 e. The van der Waals surface area contributed by atoms with Crippen molar-refractivity contribution in [2.45, 2.75) is 83.5 Å². The number of fused-ring (bicyclic) bond motifs is 3. The molecule has 0 amide bonds. The molecule has 214 valence electrons. The molecule has 0 saturated heterocycles. The van der Waals surface area contributed by atoms with Gasteiger partial charge < -0.3 is 14.8 Å². The van der Waals surface area contributed by atoms with Crippen LogP contribution < -0.4 is 10.2 Å². The zero-order chi connectivity index (χ0) is 28.8. The van der Waals surface area contributed by atoms with Gasteiger partial charge in [-0.05, 0) is 94.1 Å². The quantitative estimate of drug-likeness (QED) is 0.118. The van der Waals surface area contributed by atoms with Gasteiger partial charge in [0.15, 0.2) is 0 Å². The van der Waals surface area contributed by atoms with Crippen LogP contribution in [-0.2, 0) is 5.41 Å². The summed E-state index contributed by atoms with van der Waals surface area (Å²) in [6, 6.07) is 25.9. The van der Waals surface area contributed by atoms with Crippen molar-refractivity contribution in [3.8, 4) is 37.8 Å². The van der Waals surface area contributed by atoms with Gasteiger partial charge >= 0.3 is 7.12 Å². The Labute approximate surface area is 250 Å². The maximum absolute atomic E-state index is 10.1. The highest BCUT2D eigenvalue weighted by atomic mass is 32.1. The van der Waals surface area contributed by atoms with Crippen LogP contribution in [0.2, 0.25) is 0 Å². The zero-order valence-corrected chi connectivity index (χ0v) is 25.6. The SMILES string of the molecule is CCCCCCC1(CCCCCC)c2cc(B(O)O)ccc2-c2ccc(-c3ccc(-c4ccc(OC)cc4)s3)cc21. The molecule has 0 unspecified atom stereocenters. The van der Waals surface area contributed by atoms with E-state index in [9.17, 15) is 10.0 Å². The standard InChI is InChI=1S/C36H43BO3S/c1-4-6-8-10-22-36(23-11-9-7-5-2)32-24-27(14-18-30(32)31-19-15-28(37(38)39)25-33(31)36)35-21-20-34(41-35)26-12-16-29(40-3)17-13-26/h12-21,24-25,38-39H,4-11,22-23H2,1-3H3. The Kier molecular flexibility index (Phi) is 9.70. The van der Waals surface area contributed by atoms with E-state index in [0.29, 0.717) is 5.46 Å². The highest BCUT2D eigenvalue weighted by molar-refractivity contribution is 7.18. The fourth-order valence-corrected chi connectivity index (χ4v) is 7.61. The van der Waals surface area contributed by atoms with Crippen molar-refractivity contribution in [2.75, 3.05) is 7.11 Å². The van der Waals surface area contributed by atoms with E-state index in [2.05, 4.69) is 68.4 Å². The molecule has 0 saturated carbocycles. The number of methoxy groups -OCH3 is 1. The Morgan fingerprint density at radius 2 is 1.22 bits per heavy atom. The fraction of sp³-hybridized carbons (Fsp3) is 0.389. The fourth-order valence-electron chi connectivity index (χ4n) is 6.60. The highest BCUT2D eigenvalue weighted by Gasteiger charge is 2.43. The van der Waals surface area contributed by atoms with E-state index in [1.54, 1.807) is 7.11 Å². The molecular formula is C36H43BO3S.